The van der Waals surface area contributed by atoms with E-state index < -0.39 is 10.0 Å². The Hall–Kier alpha value is -3.22. The van der Waals surface area contributed by atoms with Crippen molar-refractivity contribution < 1.29 is 17.9 Å². The molecule has 0 bridgehead atoms. The lowest BCUT2D eigenvalue weighted by Gasteiger charge is -2.35. The number of nitrogens with one attached hydrogen (secondary N) is 2. The van der Waals surface area contributed by atoms with Crippen LogP contribution in [0.1, 0.15) is 0 Å². The molecular formula is C21H27N7O4S. The molecule has 0 spiro atoms. The van der Waals surface area contributed by atoms with E-state index in [0.717, 1.165) is 34.2 Å². The largest absolute Gasteiger partial charge is 0.495 e. The van der Waals surface area contributed by atoms with E-state index in [1.807, 2.05) is 12.3 Å². The van der Waals surface area contributed by atoms with E-state index in [4.69, 9.17) is 4.74 Å². The van der Waals surface area contributed by atoms with Gasteiger partial charge in [0.25, 0.3) is 0 Å². The fourth-order valence-electron chi connectivity index (χ4n) is 3.78. The van der Waals surface area contributed by atoms with E-state index in [9.17, 15) is 13.2 Å². The molecule has 3 aromatic rings. The number of benzene rings is 1. The first-order valence-electron chi connectivity index (χ1n) is 10.5. The summed E-state index contributed by atoms with van der Waals surface area (Å²) >= 11 is 0. The van der Waals surface area contributed by atoms with E-state index in [-0.39, 0.29) is 23.1 Å². The lowest BCUT2D eigenvalue weighted by Crippen LogP contribution is -2.49. The van der Waals surface area contributed by atoms with Crippen molar-refractivity contribution in [2.24, 2.45) is 0 Å². The number of sulfonamides is 1. The van der Waals surface area contributed by atoms with Crippen LogP contribution in [0.25, 0.3) is 11.0 Å². The Morgan fingerprint density at radius 1 is 1.18 bits per heavy atom. The molecule has 2 aromatic heterocycles. The Morgan fingerprint density at radius 3 is 2.64 bits per heavy atom. The van der Waals surface area contributed by atoms with Crippen molar-refractivity contribution in [2.75, 3.05) is 64.1 Å². The van der Waals surface area contributed by atoms with Crippen molar-refractivity contribution in [2.45, 2.75) is 4.90 Å². The second-order valence-corrected chi connectivity index (χ2v) is 10.0. The Morgan fingerprint density at radius 2 is 1.94 bits per heavy atom. The number of methoxy groups -OCH3 is 1. The minimum Gasteiger partial charge on any atom is -0.495 e. The number of ether oxygens (including phenoxy) is 1. The van der Waals surface area contributed by atoms with E-state index in [1.165, 1.54) is 33.3 Å². The molecule has 0 atom stereocenters. The maximum absolute atomic E-state index is 12.6. The summed E-state index contributed by atoms with van der Waals surface area (Å²) in [6, 6.07) is 6.54. The summed E-state index contributed by atoms with van der Waals surface area (Å²) in [6.07, 6.45) is 3.39. The predicted octanol–water partition coefficient (Wildman–Crippen LogP) is 0.977. The van der Waals surface area contributed by atoms with Gasteiger partial charge in [-0.3, -0.25) is 9.69 Å². The Kier molecular flexibility index (Phi) is 6.49. The summed E-state index contributed by atoms with van der Waals surface area (Å²) in [7, 11) is 0.580. The van der Waals surface area contributed by atoms with Crippen LogP contribution >= 0.6 is 0 Å². The highest BCUT2D eigenvalue weighted by Gasteiger charge is 2.24. The monoisotopic (exact) mass is 473 g/mol. The van der Waals surface area contributed by atoms with Gasteiger partial charge in [0.05, 0.1) is 19.0 Å². The average Bonchev–Trinajstić information content (AvgIpc) is 3.28. The molecule has 12 heteroatoms. The third-order valence-electron chi connectivity index (χ3n) is 5.58. The average molecular weight is 474 g/mol. The molecule has 0 radical (unpaired) electrons. The molecule has 176 valence electrons. The number of hydrogen-bond acceptors (Lipinski definition) is 8. The third kappa shape index (κ3) is 4.77. The summed E-state index contributed by atoms with van der Waals surface area (Å²) in [4.78, 5) is 28.6. The normalized spacial score (nSPS) is 15.2. The molecule has 1 saturated heterocycles. The summed E-state index contributed by atoms with van der Waals surface area (Å²) in [5.41, 5.74) is 1.20. The number of piperazine rings is 1. The summed E-state index contributed by atoms with van der Waals surface area (Å²) in [5.74, 6) is 0.897. The molecule has 33 heavy (non-hydrogen) atoms. The smallest absolute Gasteiger partial charge is 0.246 e. The summed E-state index contributed by atoms with van der Waals surface area (Å²) < 4.78 is 31.5. The number of rotatable bonds is 7. The van der Waals surface area contributed by atoms with Crippen LogP contribution < -0.4 is 15.0 Å². The lowest BCUT2D eigenvalue weighted by atomic mass is 10.2. The third-order valence-corrected chi connectivity index (χ3v) is 7.41. The summed E-state index contributed by atoms with van der Waals surface area (Å²) in [5, 5.41) is 3.78. The number of H-pyrrole nitrogens is 1. The van der Waals surface area contributed by atoms with Crippen LogP contribution in [0.5, 0.6) is 5.75 Å². The minimum absolute atomic E-state index is 0.00216. The maximum atomic E-state index is 12.6. The molecule has 0 aliphatic carbocycles. The zero-order valence-electron chi connectivity index (χ0n) is 18.8. The predicted molar refractivity (Wildman–Crippen MR) is 125 cm³/mol. The molecule has 1 amide bonds. The molecule has 1 aliphatic heterocycles. The fraction of sp³-hybridized carbons (Fsp3) is 0.381. The van der Waals surface area contributed by atoms with Gasteiger partial charge in [-0.2, -0.15) is 0 Å². The van der Waals surface area contributed by atoms with Crippen molar-refractivity contribution in [1.29, 1.82) is 0 Å². The fourth-order valence-corrected chi connectivity index (χ4v) is 4.86. The SMILES string of the molecule is COc1ccc(NC(=O)CN2CCN(c3ncnc4[nH]ccc34)CC2)cc1S(=O)(=O)N(C)C. The molecule has 0 saturated carbocycles. The molecule has 11 nitrogen and oxygen atoms in total. The first kappa shape index (κ1) is 23.0. The Balaban J connectivity index is 1.38. The van der Waals surface area contributed by atoms with Crippen molar-refractivity contribution in [3.05, 3.63) is 36.8 Å². The van der Waals surface area contributed by atoms with Crippen LogP contribution in [-0.4, -0.2) is 92.4 Å². The topological polar surface area (TPSA) is 124 Å². The molecule has 3 heterocycles. The number of nitrogens with zero attached hydrogens (tertiary/aromatic N) is 5. The van der Waals surface area contributed by atoms with Crippen LogP contribution in [0, 0.1) is 0 Å². The zero-order chi connectivity index (χ0) is 23.6. The van der Waals surface area contributed by atoms with Crippen molar-refractivity contribution in [3.63, 3.8) is 0 Å². The van der Waals surface area contributed by atoms with Gasteiger partial charge in [0.15, 0.2) is 0 Å². The second kappa shape index (κ2) is 9.33. The number of hydrogen-bond donors (Lipinski definition) is 2. The number of amides is 1. The number of carbonyl (C=O) groups is 1. The van der Waals surface area contributed by atoms with Gasteiger partial charge < -0.3 is 19.9 Å². The highest BCUT2D eigenvalue weighted by Crippen LogP contribution is 2.29. The Bertz CT molecular complexity index is 1250. The van der Waals surface area contributed by atoms with Crippen LogP contribution in [0.4, 0.5) is 11.5 Å². The highest BCUT2D eigenvalue weighted by molar-refractivity contribution is 7.89. The minimum atomic E-state index is -3.72. The maximum Gasteiger partial charge on any atom is 0.246 e. The molecule has 1 aliphatic rings. The molecule has 2 N–H and O–H groups in total. The first-order chi connectivity index (χ1) is 15.8. The van der Waals surface area contributed by atoms with Crippen LogP contribution in [0.15, 0.2) is 41.7 Å². The molecule has 0 unspecified atom stereocenters. The number of carbonyl (C=O) groups excluding carboxylic acids is 1. The van der Waals surface area contributed by atoms with E-state index in [1.54, 1.807) is 12.4 Å². The highest BCUT2D eigenvalue weighted by atomic mass is 32.2. The van der Waals surface area contributed by atoms with Gasteiger partial charge in [0, 0.05) is 52.2 Å². The van der Waals surface area contributed by atoms with E-state index in [0.29, 0.717) is 18.8 Å². The van der Waals surface area contributed by atoms with Gasteiger partial charge >= 0.3 is 0 Å². The van der Waals surface area contributed by atoms with Crippen LogP contribution in [-0.2, 0) is 14.8 Å². The standard InChI is InChI=1S/C21H27N7O4S/c1-26(2)33(30,31)18-12-15(4-5-17(18)32-3)25-19(29)13-27-8-10-28(11-9-27)21-16-6-7-22-20(16)23-14-24-21/h4-7,12,14H,8-11,13H2,1-3H3,(H,25,29)(H,22,23,24). The van der Waals surface area contributed by atoms with Gasteiger partial charge in [0.1, 0.15) is 28.4 Å². The lowest BCUT2D eigenvalue weighted by molar-refractivity contribution is -0.117. The molecule has 1 aromatic carbocycles. The van der Waals surface area contributed by atoms with Crippen molar-refractivity contribution in [1.82, 2.24) is 24.2 Å². The summed E-state index contributed by atoms with van der Waals surface area (Å²) in [6.45, 7) is 3.08. The number of aromatic amines is 1. The van der Waals surface area contributed by atoms with Crippen molar-refractivity contribution >= 4 is 38.5 Å². The van der Waals surface area contributed by atoms with E-state index in [2.05, 4.69) is 30.1 Å². The first-order valence-corrected chi connectivity index (χ1v) is 11.9. The van der Waals surface area contributed by atoms with Gasteiger partial charge in [-0.1, -0.05) is 0 Å². The van der Waals surface area contributed by atoms with Crippen LogP contribution in [0.3, 0.4) is 0 Å². The molecular weight excluding hydrogens is 446 g/mol. The van der Waals surface area contributed by atoms with Crippen molar-refractivity contribution in [3.8, 4) is 5.75 Å². The quantitative estimate of drug-likeness (QED) is 0.520. The Labute approximate surface area is 192 Å². The van der Waals surface area contributed by atoms with Gasteiger partial charge in [-0.25, -0.2) is 22.7 Å². The van der Waals surface area contributed by atoms with Crippen LogP contribution in [0.2, 0.25) is 0 Å². The van der Waals surface area contributed by atoms with Gasteiger partial charge in [-0.15, -0.1) is 0 Å². The van der Waals surface area contributed by atoms with E-state index >= 15 is 0 Å². The number of anilines is 2. The second-order valence-electron chi connectivity index (χ2n) is 7.90. The number of fused-ring (bicyclic) bond motifs is 1. The van der Waals surface area contributed by atoms with Gasteiger partial charge in [-0.05, 0) is 24.3 Å². The molecule has 4 rings (SSSR count). The van der Waals surface area contributed by atoms with Gasteiger partial charge in [0.2, 0.25) is 15.9 Å². The zero-order valence-corrected chi connectivity index (χ0v) is 19.6. The molecule has 1 fully saturated rings. The number of aromatic nitrogens is 3.